The molecule has 0 atom stereocenters. The maximum absolute atomic E-state index is 11.4. The first-order chi connectivity index (χ1) is 16.4. The fourth-order valence-corrected chi connectivity index (χ4v) is 5.09. The molecule has 0 saturated heterocycles. The van der Waals surface area contributed by atoms with Gasteiger partial charge in [-0.1, -0.05) is 40.0 Å². The third-order valence-corrected chi connectivity index (χ3v) is 8.14. The first-order valence-electron chi connectivity index (χ1n) is 12.2. The predicted octanol–water partition coefficient (Wildman–Crippen LogP) is 6.47. The SMILES string of the molecule is CCCCC[N+](CCCCC)(CCCCC)CCOCC.O=S(=O)([N-]S(=O)(=O)C(F)(F)F)C(F)(F)F. The number of hydrogen-bond acceptors (Lipinski definition) is 5. The van der Waals surface area contributed by atoms with Crippen molar-refractivity contribution in [2.24, 2.45) is 0 Å². The molecule has 36 heavy (non-hydrogen) atoms. The quantitative estimate of drug-likeness (QED) is 0.105. The summed E-state index contributed by atoms with van der Waals surface area (Å²) in [4.78, 5) is 0. The Bertz CT molecular complexity index is 685. The van der Waals surface area contributed by atoms with Gasteiger partial charge in [0.05, 0.1) is 26.2 Å². The molecule has 0 aromatic rings. The fraction of sp³-hybridized carbons (Fsp3) is 1.00. The van der Waals surface area contributed by atoms with Gasteiger partial charge in [-0.05, 0) is 45.4 Å². The van der Waals surface area contributed by atoms with Crippen LogP contribution in [0, 0.1) is 0 Å². The zero-order valence-corrected chi connectivity index (χ0v) is 23.3. The van der Waals surface area contributed by atoms with E-state index in [1.165, 1.54) is 88.4 Å². The van der Waals surface area contributed by atoms with Crippen LogP contribution in [-0.2, 0) is 24.8 Å². The first kappa shape index (κ1) is 37.5. The van der Waals surface area contributed by atoms with Crippen LogP contribution in [0.3, 0.4) is 0 Å². The summed E-state index contributed by atoms with van der Waals surface area (Å²) < 4.78 is 116. The van der Waals surface area contributed by atoms with Crippen molar-refractivity contribution in [1.82, 2.24) is 0 Å². The molecule has 0 fully saturated rings. The number of alkyl halides is 6. The van der Waals surface area contributed by atoms with Gasteiger partial charge in [-0.25, -0.2) is 16.8 Å². The topological polar surface area (TPSA) is 91.6 Å². The van der Waals surface area contributed by atoms with Crippen molar-refractivity contribution >= 4 is 20.0 Å². The van der Waals surface area contributed by atoms with Crippen molar-refractivity contribution in [3.8, 4) is 0 Å². The summed E-state index contributed by atoms with van der Waals surface area (Å²) in [6.45, 7) is 16.2. The minimum absolute atomic E-state index is 0.778. The van der Waals surface area contributed by atoms with E-state index >= 15 is 0 Å². The molecule has 220 valence electrons. The average molecular weight is 581 g/mol. The van der Waals surface area contributed by atoms with Gasteiger partial charge >= 0.3 is 11.0 Å². The maximum atomic E-state index is 11.4. The summed E-state index contributed by atoms with van der Waals surface area (Å²) in [6, 6.07) is 0. The van der Waals surface area contributed by atoms with E-state index in [4.69, 9.17) is 4.74 Å². The van der Waals surface area contributed by atoms with Crippen LogP contribution in [-0.4, -0.2) is 71.7 Å². The van der Waals surface area contributed by atoms with Gasteiger partial charge in [0.2, 0.25) is 0 Å². The summed E-state index contributed by atoms with van der Waals surface area (Å²) >= 11 is 0. The van der Waals surface area contributed by atoms with Crippen LogP contribution in [0.15, 0.2) is 0 Å². The number of ether oxygens (including phenoxy) is 1. The monoisotopic (exact) mass is 580 g/mol. The van der Waals surface area contributed by atoms with Crippen molar-refractivity contribution in [2.45, 2.75) is 96.5 Å². The van der Waals surface area contributed by atoms with Gasteiger partial charge in [0.15, 0.2) is 20.0 Å². The molecule has 0 aromatic heterocycles. The van der Waals surface area contributed by atoms with Crippen molar-refractivity contribution in [2.75, 3.05) is 39.4 Å². The predicted molar refractivity (Wildman–Crippen MR) is 128 cm³/mol. The minimum Gasteiger partial charge on any atom is -0.421 e. The van der Waals surface area contributed by atoms with E-state index in [9.17, 15) is 43.2 Å². The highest BCUT2D eigenvalue weighted by Gasteiger charge is 2.46. The molecule has 0 aromatic carbocycles. The number of quaternary nitrogens is 1. The third kappa shape index (κ3) is 15.6. The molecule has 0 rings (SSSR count). The molecule has 15 heteroatoms. The highest BCUT2D eigenvalue weighted by Crippen LogP contribution is 2.36. The third-order valence-electron chi connectivity index (χ3n) is 5.40. The summed E-state index contributed by atoms with van der Waals surface area (Å²) in [6.07, 6.45) is 12.3. The molecule has 0 aliphatic carbocycles. The Labute approximate surface area is 212 Å². The Kier molecular flexibility index (Phi) is 18.5. The summed E-state index contributed by atoms with van der Waals surface area (Å²) in [5, 5.41) is 0. The number of nitrogens with zero attached hydrogens (tertiary/aromatic N) is 2. The van der Waals surface area contributed by atoms with E-state index in [0.29, 0.717) is 0 Å². The summed E-state index contributed by atoms with van der Waals surface area (Å²) in [5.74, 6) is 0. The molecule has 7 nitrogen and oxygen atoms in total. The van der Waals surface area contributed by atoms with Gasteiger partial charge in [0.1, 0.15) is 6.54 Å². The van der Waals surface area contributed by atoms with Gasteiger partial charge in [-0.2, -0.15) is 26.3 Å². The van der Waals surface area contributed by atoms with Gasteiger partial charge in [0.25, 0.3) is 0 Å². The number of halogens is 6. The number of rotatable bonds is 18. The smallest absolute Gasteiger partial charge is 0.421 e. The molecule has 0 spiro atoms. The molecule has 0 unspecified atom stereocenters. The molecule has 0 aliphatic rings. The number of hydrogen-bond donors (Lipinski definition) is 0. The van der Waals surface area contributed by atoms with Gasteiger partial charge in [0, 0.05) is 6.61 Å². The fourth-order valence-electron chi connectivity index (χ4n) is 3.38. The normalized spacial score (nSPS) is 13.4. The van der Waals surface area contributed by atoms with Crippen molar-refractivity contribution in [3.05, 3.63) is 4.13 Å². The largest absolute Gasteiger partial charge is 0.480 e. The van der Waals surface area contributed by atoms with Crippen LogP contribution in [0.4, 0.5) is 26.3 Å². The molecule has 0 N–H and O–H groups in total. The van der Waals surface area contributed by atoms with Crippen LogP contribution in [0.2, 0.25) is 0 Å². The highest BCUT2D eigenvalue weighted by atomic mass is 32.3. The number of sulfonamides is 2. The van der Waals surface area contributed by atoms with Crippen molar-refractivity contribution in [3.63, 3.8) is 0 Å². The van der Waals surface area contributed by atoms with Gasteiger partial charge in [-0.15, -0.1) is 0 Å². The lowest BCUT2D eigenvalue weighted by atomic mass is 10.1. The second-order valence-electron chi connectivity index (χ2n) is 8.47. The van der Waals surface area contributed by atoms with Gasteiger partial charge < -0.3 is 13.3 Å². The molecule has 0 heterocycles. The summed E-state index contributed by atoms with van der Waals surface area (Å²) in [5.41, 5.74) is -12.4. The Morgan fingerprint density at radius 2 is 0.944 bits per heavy atom. The Morgan fingerprint density at radius 3 is 1.19 bits per heavy atom. The Hall–Kier alpha value is -0.640. The molecular formula is C21H42F6N2O5S2. The second-order valence-corrected chi connectivity index (χ2v) is 11.9. The molecule has 0 aliphatic heterocycles. The van der Waals surface area contributed by atoms with E-state index in [1.807, 2.05) is 0 Å². The second kappa shape index (κ2) is 17.8. The van der Waals surface area contributed by atoms with Crippen LogP contribution in [0.25, 0.3) is 4.13 Å². The maximum Gasteiger partial charge on any atom is 0.480 e. The van der Waals surface area contributed by atoms with Crippen LogP contribution in [0.1, 0.15) is 85.5 Å². The Morgan fingerprint density at radius 1 is 0.611 bits per heavy atom. The lowest BCUT2D eigenvalue weighted by molar-refractivity contribution is -0.929. The zero-order chi connectivity index (χ0) is 28.5. The number of unbranched alkanes of at least 4 members (excludes halogenated alkanes) is 6. The molecule has 0 radical (unpaired) electrons. The van der Waals surface area contributed by atoms with Crippen molar-refractivity contribution in [1.29, 1.82) is 0 Å². The lowest BCUT2D eigenvalue weighted by Gasteiger charge is -2.39. The van der Waals surface area contributed by atoms with E-state index in [1.54, 1.807) is 0 Å². The van der Waals surface area contributed by atoms with E-state index in [0.717, 1.165) is 17.3 Å². The standard InChI is InChI=1S/C19H42NO.C2F6NO4S2/c1-5-9-12-15-20(16-13-10-6-2,17-14-11-7-3)18-19-21-8-4;3-1(4,5)14(10,11)9-15(12,13)2(6,7)8/h5-19H2,1-4H3;/q+1;-1. The van der Waals surface area contributed by atoms with Crippen LogP contribution in [0.5, 0.6) is 0 Å². The molecule has 0 saturated carbocycles. The molecule has 0 amide bonds. The first-order valence-corrected chi connectivity index (χ1v) is 15.1. The Balaban J connectivity index is 0. The van der Waals surface area contributed by atoms with Crippen LogP contribution >= 0.6 is 0 Å². The lowest BCUT2D eigenvalue weighted by Crippen LogP contribution is -2.52. The van der Waals surface area contributed by atoms with E-state index < -0.39 is 31.1 Å². The summed E-state index contributed by atoms with van der Waals surface area (Å²) in [7, 11) is -13.4. The zero-order valence-electron chi connectivity index (χ0n) is 21.6. The van der Waals surface area contributed by atoms with E-state index in [-0.39, 0.29) is 0 Å². The van der Waals surface area contributed by atoms with Crippen LogP contribution < -0.4 is 0 Å². The van der Waals surface area contributed by atoms with E-state index in [2.05, 4.69) is 27.7 Å². The highest BCUT2D eigenvalue weighted by molar-refractivity contribution is 8.13. The van der Waals surface area contributed by atoms with Crippen molar-refractivity contribution < 1.29 is 52.4 Å². The molecular weight excluding hydrogens is 538 g/mol. The average Bonchev–Trinajstić information content (AvgIpc) is 2.72. The van der Waals surface area contributed by atoms with Gasteiger partial charge in [-0.3, -0.25) is 0 Å². The molecule has 0 bridgehead atoms. The minimum atomic E-state index is -6.72.